The SMILES string of the molecule is C=C(/C=C\C(C)NCc1cnn2c(C)cc(C)nc12)c1cnoc1. The number of allylic oxidation sites excluding steroid dienone is 2. The third kappa shape index (κ3) is 3.44. The Labute approximate surface area is 140 Å². The van der Waals surface area contributed by atoms with Crippen molar-refractivity contribution in [1.82, 2.24) is 25.1 Å². The lowest BCUT2D eigenvalue weighted by Crippen LogP contribution is -2.23. The Bertz CT molecular complexity index is 876. The molecule has 0 aliphatic rings. The fourth-order valence-corrected chi connectivity index (χ4v) is 2.50. The predicted molar refractivity (Wildman–Crippen MR) is 93.4 cm³/mol. The summed E-state index contributed by atoms with van der Waals surface area (Å²) in [5.74, 6) is 0. The van der Waals surface area contributed by atoms with Gasteiger partial charge in [0.1, 0.15) is 6.26 Å². The molecule has 0 bridgehead atoms. The van der Waals surface area contributed by atoms with E-state index < -0.39 is 0 Å². The van der Waals surface area contributed by atoms with Crippen molar-refractivity contribution in [3.8, 4) is 0 Å². The fourth-order valence-electron chi connectivity index (χ4n) is 2.50. The Kier molecular flexibility index (Phi) is 4.57. The van der Waals surface area contributed by atoms with Gasteiger partial charge in [0.05, 0.1) is 12.4 Å². The topological polar surface area (TPSA) is 68.2 Å². The van der Waals surface area contributed by atoms with Crippen LogP contribution in [0.1, 0.15) is 29.4 Å². The van der Waals surface area contributed by atoms with Crippen LogP contribution < -0.4 is 5.32 Å². The summed E-state index contributed by atoms with van der Waals surface area (Å²) in [6.45, 7) is 10.8. The molecule has 0 spiro atoms. The highest BCUT2D eigenvalue weighted by Crippen LogP contribution is 2.14. The third-order valence-corrected chi connectivity index (χ3v) is 3.85. The van der Waals surface area contributed by atoms with Gasteiger partial charge in [-0.1, -0.05) is 23.9 Å². The molecule has 1 N–H and O–H groups in total. The minimum absolute atomic E-state index is 0.183. The van der Waals surface area contributed by atoms with E-state index >= 15 is 0 Å². The van der Waals surface area contributed by atoms with Crippen molar-refractivity contribution in [2.45, 2.75) is 33.4 Å². The van der Waals surface area contributed by atoms with E-state index in [2.05, 4.69) is 40.1 Å². The molecule has 3 aromatic heterocycles. The minimum Gasteiger partial charge on any atom is -0.364 e. The van der Waals surface area contributed by atoms with Crippen LogP contribution in [0, 0.1) is 13.8 Å². The molecular weight excluding hydrogens is 302 g/mol. The van der Waals surface area contributed by atoms with Gasteiger partial charge in [0, 0.05) is 35.1 Å². The number of nitrogens with one attached hydrogen (secondary N) is 1. The summed E-state index contributed by atoms with van der Waals surface area (Å²) in [6.07, 6.45) is 9.13. The lowest BCUT2D eigenvalue weighted by atomic mass is 10.1. The number of hydrogen-bond donors (Lipinski definition) is 1. The van der Waals surface area contributed by atoms with E-state index in [1.165, 1.54) is 0 Å². The largest absolute Gasteiger partial charge is 0.364 e. The van der Waals surface area contributed by atoms with Crippen LogP contribution in [0.3, 0.4) is 0 Å². The monoisotopic (exact) mass is 323 g/mol. The van der Waals surface area contributed by atoms with Gasteiger partial charge in [0.25, 0.3) is 0 Å². The summed E-state index contributed by atoms with van der Waals surface area (Å²) >= 11 is 0. The van der Waals surface area contributed by atoms with Gasteiger partial charge in [0.15, 0.2) is 5.65 Å². The fraction of sp³-hybridized carbons (Fsp3) is 0.278. The first kappa shape index (κ1) is 16.1. The van der Waals surface area contributed by atoms with Crippen LogP contribution in [0.2, 0.25) is 0 Å². The van der Waals surface area contributed by atoms with Crippen molar-refractivity contribution in [3.05, 3.63) is 66.0 Å². The maximum absolute atomic E-state index is 4.82. The van der Waals surface area contributed by atoms with Crippen molar-refractivity contribution < 1.29 is 4.52 Å². The maximum Gasteiger partial charge on any atom is 0.159 e. The van der Waals surface area contributed by atoms with Gasteiger partial charge < -0.3 is 9.84 Å². The van der Waals surface area contributed by atoms with E-state index in [9.17, 15) is 0 Å². The van der Waals surface area contributed by atoms with E-state index in [4.69, 9.17) is 4.52 Å². The molecular formula is C18H21N5O. The molecule has 124 valence electrons. The lowest BCUT2D eigenvalue weighted by Gasteiger charge is -2.09. The standard InChI is InChI=1S/C18H21N5O/c1-12(17-10-21-24-11-17)5-6-13(2)19-8-16-9-20-23-15(4)7-14(3)22-18(16)23/h5-7,9-11,13,19H,1,8H2,2-4H3/b6-5-. The summed E-state index contributed by atoms with van der Waals surface area (Å²) in [6, 6.07) is 2.21. The predicted octanol–water partition coefficient (Wildman–Crippen LogP) is 3.08. The zero-order valence-electron chi connectivity index (χ0n) is 14.2. The van der Waals surface area contributed by atoms with Crippen LogP contribution in [0.15, 0.2) is 48.0 Å². The number of rotatable bonds is 6. The molecule has 6 heteroatoms. The average molecular weight is 323 g/mol. The summed E-state index contributed by atoms with van der Waals surface area (Å²) in [5, 5.41) is 11.5. The summed E-state index contributed by atoms with van der Waals surface area (Å²) in [5.41, 5.74) is 5.83. The number of fused-ring (bicyclic) bond motifs is 1. The van der Waals surface area contributed by atoms with Gasteiger partial charge in [-0.25, -0.2) is 9.50 Å². The molecule has 6 nitrogen and oxygen atoms in total. The van der Waals surface area contributed by atoms with E-state index in [1.807, 2.05) is 36.7 Å². The van der Waals surface area contributed by atoms with Crippen LogP contribution in [0.4, 0.5) is 0 Å². The quantitative estimate of drug-likeness (QED) is 0.706. The van der Waals surface area contributed by atoms with E-state index in [1.54, 1.807) is 12.5 Å². The zero-order chi connectivity index (χ0) is 17.1. The van der Waals surface area contributed by atoms with Gasteiger partial charge in [-0.15, -0.1) is 0 Å². The van der Waals surface area contributed by atoms with Crippen LogP contribution >= 0.6 is 0 Å². The highest BCUT2D eigenvalue weighted by Gasteiger charge is 2.09. The maximum atomic E-state index is 4.82. The molecule has 1 atom stereocenters. The van der Waals surface area contributed by atoms with E-state index in [0.717, 1.165) is 33.7 Å². The van der Waals surface area contributed by atoms with Crippen molar-refractivity contribution in [2.24, 2.45) is 0 Å². The van der Waals surface area contributed by atoms with E-state index in [-0.39, 0.29) is 6.04 Å². The van der Waals surface area contributed by atoms with Gasteiger partial charge in [0.2, 0.25) is 0 Å². The molecule has 0 amide bonds. The molecule has 0 fully saturated rings. The van der Waals surface area contributed by atoms with Crippen LogP contribution in [0.25, 0.3) is 11.2 Å². The molecule has 0 aliphatic heterocycles. The lowest BCUT2D eigenvalue weighted by molar-refractivity contribution is 0.419. The molecule has 0 saturated carbocycles. The Morgan fingerprint density at radius 3 is 3.00 bits per heavy atom. The Hall–Kier alpha value is -2.73. The van der Waals surface area contributed by atoms with Crippen molar-refractivity contribution >= 4 is 11.2 Å². The normalized spacial score (nSPS) is 13.0. The molecule has 3 heterocycles. The zero-order valence-corrected chi connectivity index (χ0v) is 14.2. The van der Waals surface area contributed by atoms with Crippen LogP contribution in [0.5, 0.6) is 0 Å². The molecule has 0 aliphatic carbocycles. The smallest absolute Gasteiger partial charge is 0.159 e. The molecule has 0 saturated heterocycles. The summed E-state index contributed by atoms with van der Waals surface area (Å²) in [4.78, 5) is 4.59. The van der Waals surface area contributed by atoms with Gasteiger partial charge in [-0.2, -0.15) is 5.10 Å². The van der Waals surface area contributed by atoms with Crippen LogP contribution in [-0.2, 0) is 6.54 Å². The average Bonchev–Trinajstić information content (AvgIpc) is 3.20. The number of aromatic nitrogens is 4. The Balaban J connectivity index is 1.64. The first-order chi connectivity index (χ1) is 11.5. The number of hydrogen-bond acceptors (Lipinski definition) is 5. The van der Waals surface area contributed by atoms with Gasteiger partial charge >= 0.3 is 0 Å². The second-order valence-corrected chi connectivity index (χ2v) is 5.91. The summed E-state index contributed by atoms with van der Waals surface area (Å²) < 4.78 is 6.70. The Morgan fingerprint density at radius 2 is 2.25 bits per heavy atom. The molecule has 1 unspecified atom stereocenters. The van der Waals surface area contributed by atoms with Gasteiger partial charge in [-0.3, -0.25) is 0 Å². The van der Waals surface area contributed by atoms with Gasteiger partial charge in [-0.05, 0) is 32.4 Å². The third-order valence-electron chi connectivity index (χ3n) is 3.85. The Morgan fingerprint density at radius 1 is 1.42 bits per heavy atom. The highest BCUT2D eigenvalue weighted by molar-refractivity contribution is 5.70. The van der Waals surface area contributed by atoms with Crippen LogP contribution in [-0.4, -0.2) is 25.8 Å². The van der Waals surface area contributed by atoms with Crippen molar-refractivity contribution in [3.63, 3.8) is 0 Å². The molecule has 0 radical (unpaired) electrons. The molecule has 0 aromatic carbocycles. The summed E-state index contributed by atoms with van der Waals surface area (Å²) in [7, 11) is 0. The first-order valence-electron chi connectivity index (χ1n) is 7.85. The molecule has 3 rings (SSSR count). The second-order valence-electron chi connectivity index (χ2n) is 5.91. The van der Waals surface area contributed by atoms with Crippen molar-refractivity contribution in [1.29, 1.82) is 0 Å². The second kappa shape index (κ2) is 6.80. The minimum atomic E-state index is 0.183. The number of nitrogens with zero attached hydrogens (tertiary/aromatic N) is 4. The molecule has 3 aromatic rings. The highest BCUT2D eigenvalue weighted by atomic mass is 16.5. The van der Waals surface area contributed by atoms with E-state index in [0.29, 0.717) is 6.54 Å². The number of aryl methyl sites for hydroxylation is 2. The van der Waals surface area contributed by atoms with Crippen molar-refractivity contribution in [2.75, 3.05) is 0 Å². The first-order valence-corrected chi connectivity index (χ1v) is 7.85. The molecule has 24 heavy (non-hydrogen) atoms.